The summed E-state index contributed by atoms with van der Waals surface area (Å²) >= 11 is 0. The smallest absolute Gasteiger partial charge is 0.347 e. The molecule has 0 saturated heterocycles. The fourth-order valence-corrected chi connectivity index (χ4v) is 3.38. The molecule has 1 heterocycles. The Bertz CT molecular complexity index is 1070. The van der Waals surface area contributed by atoms with E-state index >= 15 is 0 Å². The lowest BCUT2D eigenvalue weighted by Gasteiger charge is -2.18. The summed E-state index contributed by atoms with van der Waals surface area (Å²) in [4.78, 5) is 38.7. The van der Waals surface area contributed by atoms with Crippen molar-refractivity contribution in [3.05, 3.63) is 95.6 Å². The molecule has 0 bridgehead atoms. The van der Waals surface area contributed by atoms with Crippen LogP contribution in [0.3, 0.4) is 0 Å². The summed E-state index contributed by atoms with van der Waals surface area (Å²) in [5.41, 5.74) is 2.12. The summed E-state index contributed by atoms with van der Waals surface area (Å²) in [6, 6.07) is 22.7. The van der Waals surface area contributed by atoms with Crippen molar-refractivity contribution in [2.75, 3.05) is 4.90 Å². The van der Waals surface area contributed by atoms with E-state index in [0.29, 0.717) is 29.0 Å². The molecule has 3 aromatic carbocycles. The van der Waals surface area contributed by atoms with Crippen molar-refractivity contribution in [3.8, 4) is 5.75 Å². The minimum atomic E-state index is -0.756. The molecule has 0 radical (unpaired) electrons. The molecule has 6 nitrogen and oxygen atoms in total. The van der Waals surface area contributed by atoms with Crippen LogP contribution in [0.4, 0.5) is 5.69 Å². The van der Waals surface area contributed by atoms with Gasteiger partial charge in [-0.3, -0.25) is 9.59 Å². The molecule has 0 N–H and O–H groups in total. The van der Waals surface area contributed by atoms with E-state index in [-0.39, 0.29) is 18.4 Å². The molecule has 0 unspecified atom stereocenters. The molecular formula is C25H21NO5. The molecule has 31 heavy (non-hydrogen) atoms. The zero-order valence-corrected chi connectivity index (χ0v) is 17.0. The molecule has 0 fully saturated rings. The van der Waals surface area contributed by atoms with Crippen LogP contribution in [-0.4, -0.2) is 23.9 Å². The molecule has 0 aliphatic carbocycles. The molecule has 3 aromatic rings. The Hall–Kier alpha value is -3.93. The minimum Gasteiger partial charge on any atom is -0.479 e. The number of rotatable bonds is 7. The summed E-state index contributed by atoms with van der Waals surface area (Å²) in [6.45, 7) is 2.01. The van der Waals surface area contributed by atoms with E-state index in [9.17, 15) is 14.4 Å². The van der Waals surface area contributed by atoms with Crippen LogP contribution >= 0.6 is 0 Å². The molecular weight excluding hydrogens is 394 g/mol. The number of benzene rings is 3. The highest BCUT2D eigenvalue weighted by Crippen LogP contribution is 2.29. The molecule has 1 aliphatic heterocycles. The standard InChI is InChI=1S/C25H21NO5/c1-2-22(25(29)30-16-17-8-4-3-5-9-17)31-19-14-12-18(13-15-19)26-23(27)20-10-6-7-11-21(20)24(26)28/h3-15,22H,2,16H2,1H3/t22-/m1/s1. The number of carbonyl (C=O) groups is 3. The lowest BCUT2D eigenvalue weighted by Crippen LogP contribution is -2.30. The Labute approximate surface area is 180 Å². The molecule has 0 spiro atoms. The maximum absolute atomic E-state index is 12.6. The number of hydrogen-bond donors (Lipinski definition) is 0. The SMILES string of the molecule is CC[C@@H](Oc1ccc(N2C(=O)c3ccccc3C2=O)cc1)C(=O)OCc1ccccc1. The third-order valence-corrected chi connectivity index (χ3v) is 5.02. The number of fused-ring (bicyclic) bond motifs is 1. The summed E-state index contributed by atoms with van der Waals surface area (Å²) in [5, 5.41) is 0. The van der Waals surface area contributed by atoms with Crippen LogP contribution in [0.2, 0.25) is 0 Å². The number of amides is 2. The maximum atomic E-state index is 12.6. The van der Waals surface area contributed by atoms with Crippen molar-refractivity contribution < 1.29 is 23.9 Å². The second-order valence-corrected chi connectivity index (χ2v) is 7.09. The highest BCUT2D eigenvalue weighted by Gasteiger charge is 2.36. The first-order chi connectivity index (χ1) is 15.1. The number of ether oxygens (including phenoxy) is 2. The highest BCUT2D eigenvalue weighted by molar-refractivity contribution is 6.34. The quantitative estimate of drug-likeness (QED) is 0.423. The zero-order chi connectivity index (χ0) is 21.8. The predicted molar refractivity (Wildman–Crippen MR) is 115 cm³/mol. The Balaban J connectivity index is 1.41. The lowest BCUT2D eigenvalue weighted by atomic mass is 10.1. The van der Waals surface area contributed by atoms with Gasteiger partial charge in [-0.15, -0.1) is 0 Å². The molecule has 156 valence electrons. The van der Waals surface area contributed by atoms with Gasteiger partial charge in [0.05, 0.1) is 16.8 Å². The normalized spacial score (nSPS) is 13.6. The Morgan fingerprint density at radius 1 is 0.839 bits per heavy atom. The van der Waals surface area contributed by atoms with Gasteiger partial charge in [0, 0.05) is 0 Å². The first-order valence-corrected chi connectivity index (χ1v) is 10.0. The van der Waals surface area contributed by atoms with Crippen LogP contribution in [0.1, 0.15) is 39.6 Å². The first kappa shape index (κ1) is 20.3. The van der Waals surface area contributed by atoms with Gasteiger partial charge >= 0.3 is 5.97 Å². The summed E-state index contributed by atoms with van der Waals surface area (Å²) in [7, 11) is 0. The van der Waals surface area contributed by atoms with Crippen LogP contribution in [0.5, 0.6) is 5.75 Å². The second-order valence-electron chi connectivity index (χ2n) is 7.09. The minimum absolute atomic E-state index is 0.179. The Morgan fingerprint density at radius 2 is 1.42 bits per heavy atom. The number of anilines is 1. The van der Waals surface area contributed by atoms with Crippen molar-refractivity contribution in [1.29, 1.82) is 0 Å². The zero-order valence-electron chi connectivity index (χ0n) is 17.0. The van der Waals surface area contributed by atoms with Gasteiger partial charge in [-0.1, -0.05) is 49.4 Å². The van der Waals surface area contributed by atoms with Gasteiger partial charge in [0.25, 0.3) is 11.8 Å². The van der Waals surface area contributed by atoms with Gasteiger partial charge in [0.1, 0.15) is 12.4 Å². The number of nitrogens with zero attached hydrogens (tertiary/aromatic N) is 1. The van der Waals surface area contributed by atoms with E-state index in [0.717, 1.165) is 10.5 Å². The number of carbonyl (C=O) groups excluding carboxylic acids is 3. The van der Waals surface area contributed by atoms with Crippen molar-refractivity contribution in [3.63, 3.8) is 0 Å². The Morgan fingerprint density at radius 3 is 2.00 bits per heavy atom. The first-order valence-electron chi connectivity index (χ1n) is 10.0. The summed E-state index contributed by atoms with van der Waals surface area (Å²) in [6.07, 6.45) is -0.317. The van der Waals surface area contributed by atoms with Crippen LogP contribution in [0, 0.1) is 0 Å². The number of esters is 1. The number of hydrogen-bond acceptors (Lipinski definition) is 5. The van der Waals surface area contributed by atoms with E-state index in [4.69, 9.17) is 9.47 Å². The third kappa shape index (κ3) is 4.19. The third-order valence-electron chi connectivity index (χ3n) is 5.02. The molecule has 2 amide bonds. The van der Waals surface area contributed by atoms with Crippen LogP contribution in [0.25, 0.3) is 0 Å². The van der Waals surface area contributed by atoms with E-state index in [1.54, 1.807) is 48.5 Å². The van der Waals surface area contributed by atoms with Gasteiger partial charge in [0.15, 0.2) is 6.10 Å². The summed E-state index contributed by atoms with van der Waals surface area (Å²) < 4.78 is 11.1. The van der Waals surface area contributed by atoms with Crippen molar-refractivity contribution in [1.82, 2.24) is 0 Å². The highest BCUT2D eigenvalue weighted by atomic mass is 16.6. The largest absolute Gasteiger partial charge is 0.479 e. The van der Waals surface area contributed by atoms with Crippen LogP contribution < -0.4 is 9.64 Å². The van der Waals surface area contributed by atoms with Crippen LogP contribution in [-0.2, 0) is 16.1 Å². The van der Waals surface area contributed by atoms with Gasteiger partial charge in [0.2, 0.25) is 0 Å². The molecule has 4 rings (SSSR count). The van der Waals surface area contributed by atoms with Crippen molar-refractivity contribution >= 4 is 23.5 Å². The van der Waals surface area contributed by atoms with Gasteiger partial charge in [-0.25, -0.2) is 9.69 Å². The molecule has 1 atom stereocenters. The average Bonchev–Trinajstić information content (AvgIpc) is 3.07. The van der Waals surface area contributed by atoms with E-state index in [1.807, 2.05) is 37.3 Å². The number of imide groups is 1. The van der Waals surface area contributed by atoms with E-state index < -0.39 is 12.1 Å². The topological polar surface area (TPSA) is 72.9 Å². The fraction of sp³-hybridized carbons (Fsp3) is 0.160. The predicted octanol–water partition coefficient (Wildman–Crippen LogP) is 4.39. The Kier molecular flexibility index (Phi) is 5.80. The summed E-state index contributed by atoms with van der Waals surface area (Å²) in [5.74, 6) is -0.713. The molecule has 0 saturated carbocycles. The van der Waals surface area contributed by atoms with Crippen LogP contribution in [0.15, 0.2) is 78.9 Å². The fourth-order valence-electron chi connectivity index (χ4n) is 3.38. The van der Waals surface area contributed by atoms with Crippen molar-refractivity contribution in [2.24, 2.45) is 0 Å². The second kappa shape index (κ2) is 8.83. The van der Waals surface area contributed by atoms with Gasteiger partial charge < -0.3 is 9.47 Å². The molecule has 1 aliphatic rings. The van der Waals surface area contributed by atoms with Crippen molar-refractivity contribution in [2.45, 2.75) is 26.1 Å². The lowest BCUT2D eigenvalue weighted by molar-refractivity contribution is -0.153. The maximum Gasteiger partial charge on any atom is 0.347 e. The van der Waals surface area contributed by atoms with Gasteiger partial charge in [-0.05, 0) is 48.4 Å². The van der Waals surface area contributed by atoms with E-state index in [2.05, 4.69) is 0 Å². The van der Waals surface area contributed by atoms with E-state index in [1.165, 1.54) is 0 Å². The average molecular weight is 415 g/mol. The molecule has 6 heteroatoms. The van der Waals surface area contributed by atoms with Gasteiger partial charge in [-0.2, -0.15) is 0 Å². The molecule has 0 aromatic heterocycles. The monoisotopic (exact) mass is 415 g/mol.